The minimum Gasteiger partial charge on any atom is -0.304 e. The smallest absolute Gasteiger partial charge is 0.0288 e. The van der Waals surface area contributed by atoms with Crippen LogP contribution in [0, 0.1) is 20.8 Å². The summed E-state index contributed by atoms with van der Waals surface area (Å²) in [6, 6.07) is 5.43. The fourth-order valence-corrected chi connectivity index (χ4v) is 4.98. The molecule has 2 aliphatic heterocycles. The van der Waals surface area contributed by atoms with Gasteiger partial charge in [0.05, 0.1) is 0 Å². The van der Waals surface area contributed by atoms with Crippen LogP contribution < -0.4 is 0 Å². The van der Waals surface area contributed by atoms with Crippen molar-refractivity contribution in [3.8, 4) is 0 Å². The Morgan fingerprint density at radius 1 is 0.870 bits per heavy atom. The van der Waals surface area contributed by atoms with Gasteiger partial charge in [-0.15, -0.1) is 0 Å². The van der Waals surface area contributed by atoms with E-state index in [1.54, 1.807) is 0 Å². The van der Waals surface area contributed by atoms with Gasteiger partial charge in [0, 0.05) is 50.2 Å². The molecule has 0 aliphatic carbocycles. The van der Waals surface area contributed by atoms with E-state index in [0.29, 0.717) is 0 Å². The highest BCUT2D eigenvalue weighted by Gasteiger charge is 2.27. The number of benzene rings is 1. The lowest BCUT2D eigenvalue weighted by Gasteiger charge is -2.41. The van der Waals surface area contributed by atoms with E-state index < -0.39 is 0 Å². The number of hydrogen-bond acceptors (Lipinski definition) is 4. The van der Waals surface area contributed by atoms with Crippen LogP contribution in [0.1, 0.15) is 29.5 Å². The van der Waals surface area contributed by atoms with Crippen molar-refractivity contribution in [2.24, 2.45) is 0 Å². The Hall–Kier alpha value is -0.550. The van der Waals surface area contributed by atoms with Gasteiger partial charge in [0.2, 0.25) is 0 Å². The van der Waals surface area contributed by atoms with Crippen LogP contribution in [0.15, 0.2) is 17.0 Å². The van der Waals surface area contributed by atoms with E-state index >= 15 is 0 Å². The van der Waals surface area contributed by atoms with Crippen LogP contribution in [-0.4, -0.2) is 66.5 Å². The third-order valence-corrected chi connectivity index (χ3v) is 6.75. The molecule has 2 heterocycles. The van der Waals surface area contributed by atoms with Gasteiger partial charge < -0.3 is 4.90 Å². The minimum atomic E-state index is 0.806. The summed E-state index contributed by atoms with van der Waals surface area (Å²) in [5, 5.41) is 0. The van der Waals surface area contributed by atoms with Crippen LogP contribution in [0.5, 0.6) is 0 Å². The van der Waals surface area contributed by atoms with Gasteiger partial charge in [-0.1, -0.05) is 17.7 Å². The SMILES string of the molecule is Cc1cc(C)c(SN2CCC(N3CCN(C)CC3)CC2)c(C)c1. The number of nitrogens with zero attached hydrogens (tertiary/aromatic N) is 3. The molecule has 3 rings (SSSR count). The lowest BCUT2D eigenvalue weighted by atomic mass is 10.0. The number of rotatable bonds is 3. The third kappa shape index (κ3) is 4.30. The summed E-state index contributed by atoms with van der Waals surface area (Å²) < 4.78 is 2.58. The summed E-state index contributed by atoms with van der Waals surface area (Å²) in [4.78, 5) is 6.64. The number of hydrogen-bond donors (Lipinski definition) is 0. The summed E-state index contributed by atoms with van der Waals surface area (Å²) in [7, 11) is 2.24. The van der Waals surface area contributed by atoms with Crippen LogP contribution in [0.25, 0.3) is 0 Å². The van der Waals surface area contributed by atoms with E-state index in [1.807, 2.05) is 11.9 Å². The molecule has 0 bridgehead atoms. The maximum absolute atomic E-state index is 2.73. The van der Waals surface area contributed by atoms with Gasteiger partial charge in [0.25, 0.3) is 0 Å². The molecule has 4 heteroatoms. The van der Waals surface area contributed by atoms with Gasteiger partial charge in [-0.2, -0.15) is 0 Å². The van der Waals surface area contributed by atoms with E-state index in [2.05, 4.69) is 54.1 Å². The first kappa shape index (κ1) is 17.3. The zero-order valence-corrected chi connectivity index (χ0v) is 16.0. The molecule has 0 radical (unpaired) electrons. The average Bonchev–Trinajstić information content (AvgIpc) is 2.52. The predicted molar refractivity (Wildman–Crippen MR) is 100 cm³/mol. The maximum Gasteiger partial charge on any atom is 0.0288 e. The fourth-order valence-electron chi connectivity index (χ4n) is 3.93. The van der Waals surface area contributed by atoms with Crippen LogP contribution in [0.3, 0.4) is 0 Å². The molecule has 0 saturated carbocycles. The first-order chi connectivity index (χ1) is 11.0. The fraction of sp³-hybridized carbons (Fsp3) is 0.684. The topological polar surface area (TPSA) is 9.72 Å². The molecule has 2 aliphatic rings. The summed E-state index contributed by atoms with van der Waals surface area (Å²) in [6.45, 7) is 14.1. The van der Waals surface area contributed by atoms with E-state index in [0.717, 1.165) is 6.04 Å². The zero-order valence-electron chi connectivity index (χ0n) is 15.1. The van der Waals surface area contributed by atoms with Crippen molar-refractivity contribution >= 4 is 11.9 Å². The molecule has 23 heavy (non-hydrogen) atoms. The summed E-state index contributed by atoms with van der Waals surface area (Å²) in [5.41, 5.74) is 4.22. The van der Waals surface area contributed by atoms with Crippen molar-refractivity contribution in [3.05, 3.63) is 28.8 Å². The molecule has 1 aromatic rings. The number of piperidine rings is 1. The van der Waals surface area contributed by atoms with E-state index in [-0.39, 0.29) is 0 Å². The monoisotopic (exact) mass is 333 g/mol. The van der Waals surface area contributed by atoms with Gasteiger partial charge in [0.15, 0.2) is 0 Å². The normalized spacial score (nSPS) is 22.6. The molecule has 0 aromatic heterocycles. The number of likely N-dealkylation sites (N-methyl/N-ethyl adjacent to an activating group) is 1. The Kier molecular flexibility index (Phi) is 5.68. The van der Waals surface area contributed by atoms with Crippen LogP contribution in [-0.2, 0) is 0 Å². The Bertz CT molecular complexity index is 506. The lowest BCUT2D eigenvalue weighted by molar-refractivity contribution is 0.0851. The molecule has 0 atom stereocenters. The molecular weight excluding hydrogens is 302 g/mol. The Morgan fingerprint density at radius 3 is 2.00 bits per heavy atom. The minimum absolute atomic E-state index is 0.806. The highest BCUT2D eigenvalue weighted by Crippen LogP contribution is 2.33. The average molecular weight is 334 g/mol. The summed E-state index contributed by atoms with van der Waals surface area (Å²) in [6.07, 6.45) is 2.64. The first-order valence-electron chi connectivity index (χ1n) is 8.96. The molecule has 0 unspecified atom stereocenters. The highest BCUT2D eigenvalue weighted by molar-refractivity contribution is 7.97. The molecule has 3 nitrogen and oxygen atoms in total. The number of aryl methyl sites for hydroxylation is 3. The Morgan fingerprint density at radius 2 is 1.43 bits per heavy atom. The molecule has 2 saturated heterocycles. The standard InChI is InChI=1S/C19H31N3S/c1-15-13-16(2)19(17(3)14-15)23-22-7-5-18(6-8-22)21-11-9-20(4)10-12-21/h13-14,18H,5-12H2,1-4H3. The summed E-state index contributed by atoms with van der Waals surface area (Å²) >= 11 is 1.98. The van der Waals surface area contributed by atoms with Gasteiger partial charge in [-0.3, -0.25) is 4.90 Å². The van der Waals surface area contributed by atoms with Crippen molar-refractivity contribution in [2.45, 2.75) is 44.6 Å². The van der Waals surface area contributed by atoms with Crippen LogP contribution in [0.4, 0.5) is 0 Å². The first-order valence-corrected chi connectivity index (χ1v) is 9.73. The highest BCUT2D eigenvalue weighted by atomic mass is 32.2. The van der Waals surface area contributed by atoms with E-state index in [4.69, 9.17) is 0 Å². The molecule has 2 fully saturated rings. The van der Waals surface area contributed by atoms with Crippen molar-refractivity contribution < 1.29 is 0 Å². The van der Waals surface area contributed by atoms with Gasteiger partial charge in [0.1, 0.15) is 0 Å². The quantitative estimate of drug-likeness (QED) is 0.785. The molecular formula is C19H31N3S. The number of piperazine rings is 1. The second-order valence-electron chi connectivity index (χ2n) is 7.32. The molecule has 0 N–H and O–H groups in total. The molecule has 1 aromatic carbocycles. The summed E-state index contributed by atoms with van der Waals surface area (Å²) in [5.74, 6) is 0. The second-order valence-corrected chi connectivity index (χ2v) is 8.43. The van der Waals surface area contributed by atoms with Crippen molar-refractivity contribution in [3.63, 3.8) is 0 Å². The van der Waals surface area contributed by atoms with Gasteiger partial charge in [-0.05, 0) is 63.7 Å². The largest absolute Gasteiger partial charge is 0.304 e. The van der Waals surface area contributed by atoms with Crippen molar-refractivity contribution in [1.29, 1.82) is 0 Å². The van der Waals surface area contributed by atoms with Crippen molar-refractivity contribution in [2.75, 3.05) is 46.3 Å². The molecule has 0 spiro atoms. The lowest BCUT2D eigenvalue weighted by Crippen LogP contribution is -2.51. The zero-order chi connectivity index (χ0) is 16.4. The van der Waals surface area contributed by atoms with E-state index in [1.165, 1.54) is 73.7 Å². The van der Waals surface area contributed by atoms with Gasteiger partial charge >= 0.3 is 0 Å². The maximum atomic E-state index is 2.73. The van der Waals surface area contributed by atoms with E-state index in [9.17, 15) is 0 Å². The molecule has 0 amide bonds. The van der Waals surface area contributed by atoms with Crippen molar-refractivity contribution in [1.82, 2.24) is 14.1 Å². The Balaban J connectivity index is 1.53. The van der Waals surface area contributed by atoms with Crippen LogP contribution >= 0.6 is 11.9 Å². The van der Waals surface area contributed by atoms with Gasteiger partial charge in [-0.25, -0.2) is 4.31 Å². The molecule has 128 valence electrons. The Labute approximate surface area is 146 Å². The predicted octanol–water partition coefficient (Wildman–Crippen LogP) is 3.33. The van der Waals surface area contributed by atoms with Crippen LogP contribution in [0.2, 0.25) is 0 Å². The second kappa shape index (κ2) is 7.56. The third-order valence-electron chi connectivity index (χ3n) is 5.30.